The number of hydrogen-bond donors (Lipinski definition) is 1. The summed E-state index contributed by atoms with van der Waals surface area (Å²) in [6, 6.07) is 0. The number of aliphatic hydroxyl groups excluding tert-OH is 1. The van der Waals surface area contributed by atoms with Gasteiger partial charge in [-0.25, -0.2) is 4.79 Å². The van der Waals surface area contributed by atoms with Crippen LogP contribution in [0.2, 0.25) is 0 Å². The van der Waals surface area contributed by atoms with E-state index in [1.165, 1.54) is 17.2 Å². The molecule has 0 radical (unpaired) electrons. The molecular formula is C15H22O3. The molecule has 3 nitrogen and oxygen atoms in total. The molecule has 0 aromatic rings. The first kappa shape index (κ1) is 14.7. The Morgan fingerprint density at radius 1 is 1.33 bits per heavy atom. The van der Waals surface area contributed by atoms with Crippen LogP contribution in [0.3, 0.4) is 0 Å². The summed E-state index contributed by atoms with van der Waals surface area (Å²) in [6.07, 6.45) is 8.38. The second-order valence-corrected chi connectivity index (χ2v) is 4.92. The van der Waals surface area contributed by atoms with Crippen molar-refractivity contribution in [3.63, 3.8) is 0 Å². The molecule has 0 unspecified atom stereocenters. The fraction of sp³-hybridized carbons (Fsp3) is 0.533. The summed E-state index contributed by atoms with van der Waals surface area (Å²) in [4.78, 5) is 10.9. The van der Waals surface area contributed by atoms with E-state index in [0.29, 0.717) is 12.0 Å². The van der Waals surface area contributed by atoms with Gasteiger partial charge in [0.2, 0.25) is 6.29 Å². The first-order chi connectivity index (χ1) is 8.49. The van der Waals surface area contributed by atoms with E-state index in [0.717, 1.165) is 19.3 Å². The van der Waals surface area contributed by atoms with Gasteiger partial charge in [0.05, 0.1) is 0 Å². The van der Waals surface area contributed by atoms with Gasteiger partial charge in [0.1, 0.15) is 0 Å². The predicted molar refractivity (Wildman–Crippen MR) is 71.8 cm³/mol. The quantitative estimate of drug-likeness (QED) is 0.581. The van der Waals surface area contributed by atoms with Crippen LogP contribution >= 0.6 is 0 Å². The average molecular weight is 250 g/mol. The van der Waals surface area contributed by atoms with Gasteiger partial charge in [-0.2, -0.15) is 0 Å². The molecule has 1 rings (SSSR count). The zero-order valence-electron chi connectivity index (χ0n) is 11.4. The second-order valence-electron chi connectivity index (χ2n) is 4.92. The topological polar surface area (TPSA) is 46.5 Å². The lowest BCUT2D eigenvalue weighted by atomic mass is 10.1. The molecule has 0 aromatic carbocycles. The molecule has 1 atom stereocenters. The van der Waals surface area contributed by atoms with E-state index in [-0.39, 0.29) is 0 Å². The fourth-order valence-corrected chi connectivity index (χ4v) is 1.81. The summed E-state index contributed by atoms with van der Waals surface area (Å²) in [6.45, 7) is 6.31. The second kappa shape index (κ2) is 7.17. The molecule has 1 aliphatic heterocycles. The number of cyclic esters (lactones) is 1. The molecule has 0 amide bonds. The third kappa shape index (κ3) is 5.32. The highest BCUT2D eigenvalue weighted by Gasteiger charge is 2.22. The highest BCUT2D eigenvalue weighted by atomic mass is 16.6. The molecule has 0 saturated heterocycles. The van der Waals surface area contributed by atoms with Gasteiger partial charge < -0.3 is 9.84 Å². The smallest absolute Gasteiger partial charge is 0.333 e. The van der Waals surface area contributed by atoms with Gasteiger partial charge >= 0.3 is 5.97 Å². The van der Waals surface area contributed by atoms with Gasteiger partial charge in [-0.1, -0.05) is 23.3 Å². The largest absolute Gasteiger partial charge is 0.429 e. The molecule has 0 saturated carbocycles. The van der Waals surface area contributed by atoms with Gasteiger partial charge in [0.15, 0.2) is 0 Å². The van der Waals surface area contributed by atoms with Crippen LogP contribution in [0.25, 0.3) is 0 Å². The lowest BCUT2D eigenvalue weighted by molar-refractivity contribution is -0.151. The first-order valence-corrected chi connectivity index (χ1v) is 6.37. The summed E-state index contributed by atoms with van der Waals surface area (Å²) >= 11 is 0. The molecule has 1 aliphatic rings. The van der Waals surface area contributed by atoms with Crippen molar-refractivity contribution in [1.29, 1.82) is 0 Å². The van der Waals surface area contributed by atoms with E-state index in [4.69, 9.17) is 0 Å². The third-order valence-electron chi connectivity index (χ3n) is 2.87. The van der Waals surface area contributed by atoms with E-state index in [1.54, 1.807) is 0 Å². The number of ether oxygens (including phenoxy) is 1. The molecule has 0 aromatic heterocycles. The summed E-state index contributed by atoms with van der Waals surface area (Å²) in [5.41, 5.74) is 3.36. The summed E-state index contributed by atoms with van der Waals surface area (Å²) < 4.78 is 4.62. The van der Waals surface area contributed by atoms with Crippen LogP contribution in [0.15, 0.2) is 34.9 Å². The maximum atomic E-state index is 10.9. The van der Waals surface area contributed by atoms with Crippen molar-refractivity contribution in [3.8, 4) is 0 Å². The van der Waals surface area contributed by atoms with Gasteiger partial charge in [-0.05, 0) is 46.5 Å². The monoisotopic (exact) mass is 250 g/mol. The van der Waals surface area contributed by atoms with Gasteiger partial charge in [-0.3, -0.25) is 0 Å². The molecule has 100 valence electrons. The van der Waals surface area contributed by atoms with E-state index >= 15 is 0 Å². The van der Waals surface area contributed by atoms with Crippen LogP contribution in [-0.4, -0.2) is 17.4 Å². The number of aliphatic hydroxyl groups is 1. The van der Waals surface area contributed by atoms with Crippen LogP contribution in [-0.2, 0) is 9.53 Å². The van der Waals surface area contributed by atoms with E-state index in [2.05, 4.69) is 37.7 Å². The van der Waals surface area contributed by atoms with Crippen LogP contribution in [0, 0.1) is 0 Å². The molecular weight excluding hydrogens is 228 g/mol. The molecule has 3 heteroatoms. The number of carbonyl (C=O) groups excluding carboxylic acids is 1. The maximum absolute atomic E-state index is 10.9. The zero-order chi connectivity index (χ0) is 13.5. The van der Waals surface area contributed by atoms with E-state index < -0.39 is 12.3 Å². The minimum atomic E-state index is -1.03. The Bertz CT molecular complexity index is 385. The highest BCUT2D eigenvalue weighted by Crippen LogP contribution is 2.19. The molecule has 18 heavy (non-hydrogen) atoms. The highest BCUT2D eigenvalue weighted by molar-refractivity contribution is 5.85. The van der Waals surface area contributed by atoms with E-state index in [9.17, 15) is 9.90 Å². The average Bonchev–Trinajstić information content (AvgIpc) is 2.57. The van der Waals surface area contributed by atoms with E-state index in [1.807, 2.05) is 0 Å². The first-order valence-electron chi connectivity index (χ1n) is 6.37. The van der Waals surface area contributed by atoms with Crippen LogP contribution in [0.4, 0.5) is 0 Å². The number of allylic oxidation sites excluding steroid dienone is 4. The molecule has 0 fully saturated rings. The van der Waals surface area contributed by atoms with Crippen molar-refractivity contribution in [2.75, 3.05) is 0 Å². The normalized spacial score (nSPS) is 19.6. The molecule has 0 bridgehead atoms. The van der Waals surface area contributed by atoms with Crippen molar-refractivity contribution >= 4 is 5.97 Å². The zero-order valence-corrected chi connectivity index (χ0v) is 11.4. The number of carbonyl (C=O) groups is 1. The third-order valence-corrected chi connectivity index (χ3v) is 2.87. The van der Waals surface area contributed by atoms with Crippen molar-refractivity contribution in [2.45, 2.75) is 52.7 Å². The predicted octanol–water partition coefficient (Wildman–Crippen LogP) is 3.26. The minimum Gasteiger partial charge on any atom is -0.429 e. The SMILES string of the molecule is CC(C)=CCC/C(C)=C/CCC1=CC(=O)O[C@H]1O. The Kier molecular flexibility index (Phi) is 5.86. The van der Waals surface area contributed by atoms with Crippen molar-refractivity contribution < 1.29 is 14.6 Å². The van der Waals surface area contributed by atoms with Crippen LogP contribution in [0.1, 0.15) is 46.5 Å². The molecule has 1 N–H and O–H groups in total. The van der Waals surface area contributed by atoms with Crippen molar-refractivity contribution in [1.82, 2.24) is 0 Å². The minimum absolute atomic E-state index is 0.443. The number of hydrogen-bond acceptors (Lipinski definition) is 3. The van der Waals surface area contributed by atoms with Gasteiger partial charge in [0.25, 0.3) is 0 Å². The fourth-order valence-electron chi connectivity index (χ4n) is 1.81. The van der Waals surface area contributed by atoms with Crippen molar-refractivity contribution in [2.24, 2.45) is 0 Å². The molecule has 0 aliphatic carbocycles. The maximum Gasteiger partial charge on any atom is 0.333 e. The van der Waals surface area contributed by atoms with Crippen LogP contribution < -0.4 is 0 Å². The number of rotatable bonds is 6. The lowest BCUT2D eigenvalue weighted by Gasteiger charge is -2.06. The summed E-state index contributed by atoms with van der Waals surface area (Å²) in [5, 5.41) is 9.39. The van der Waals surface area contributed by atoms with Gasteiger partial charge in [-0.15, -0.1) is 0 Å². The Morgan fingerprint density at radius 3 is 2.61 bits per heavy atom. The Balaban J connectivity index is 2.29. The Labute approximate surface area is 109 Å². The Morgan fingerprint density at radius 2 is 2.06 bits per heavy atom. The molecule has 0 spiro atoms. The Hall–Kier alpha value is -1.35. The summed E-state index contributed by atoms with van der Waals surface area (Å²) in [7, 11) is 0. The standard InChI is InChI=1S/C15H22O3/c1-11(2)6-4-7-12(3)8-5-9-13-10-14(16)18-15(13)17/h6,8,10,15,17H,4-5,7,9H2,1-3H3/b12-8+/t15-/m1/s1. The lowest BCUT2D eigenvalue weighted by Crippen LogP contribution is -2.09. The summed E-state index contributed by atoms with van der Waals surface area (Å²) in [5.74, 6) is -0.443. The van der Waals surface area contributed by atoms with Crippen molar-refractivity contribution in [3.05, 3.63) is 34.9 Å². The van der Waals surface area contributed by atoms with Crippen LogP contribution in [0.5, 0.6) is 0 Å². The number of esters is 1. The molecule has 1 heterocycles. The van der Waals surface area contributed by atoms with Gasteiger partial charge in [0, 0.05) is 11.6 Å².